The molecule has 6 aromatic heterocycles. The van der Waals surface area contributed by atoms with Gasteiger partial charge in [0.15, 0.2) is 22.6 Å². The molecule has 4 aliphatic heterocycles. The van der Waals surface area contributed by atoms with E-state index in [4.69, 9.17) is 76.9 Å². The van der Waals surface area contributed by atoms with Crippen LogP contribution in [0.25, 0.3) is 22.3 Å². The van der Waals surface area contributed by atoms with Crippen LogP contribution < -0.4 is 39.7 Å². The molecule has 4 aliphatic rings. The lowest BCUT2D eigenvalue weighted by atomic mass is 10.0. The van der Waals surface area contributed by atoms with Crippen LogP contribution in [0.3, 0.4) is 0 Å². The Morgan fingerprint density at radius 3 is 1.85 bits per heavy atom. The summed E-state index contributed by atoms with van der Waals surface area (Å²) in [6, 6.07) is 1.34. The zero-order valence-corrected chi connectivity index (χ0v) is 51.4. The first-order valence-corrected chi connectivity index (χ1v) is 32.6. The van der Waals surface area contributed by atoms with Crippen molar-refractivity contribution in [1.82, 2.24) is 58.1 Å². The number of aromatic nitrogens is 12. The second kappa shape index (κ2) is 27.0. The Kier molecular flexibility index (Phi) is 20.0. The lowest BCUT2D eigenvalue weighted by Gasteiger charge is -2.27. The van der Waals surface area contributed by atoms with Crippen molar-refractivity contribution in [2.45, 2.75) is 146 Å². The highest BCUT2D eigenvalue weighted by Gasteiger charge is 2.48. The number of nitrogens with one attached hydrogen (secondary N) is 2. The molecule has 87 heavy (non-hydrogen) atoms. The van der Waals surface area contributed by atoms with Gasteiger partial charge in [-0.2, -0.15) is 9.97 Å². The van der Waals surface area contributed by atoms with Gasteiger partial charge in [0.25, 0.3) is 11.1 Å². The van der Waals surface area contributed by atoms with Crippen LogP contribution in [0.2, 0.25) is 0 Å². The van der Waals surface area contributed by atoms with Crippen LogP contribution in [-0.4, -0.2) is 156 Å². The number of anilines is 3. The van der Waals surface area contributed by atoms with Crippen LogP contribution in [0.1, 0.15) is 90.3 Å². The zero-order chi connectivity index (χ0) is 62.2. The van der Waals surface area contributed by atoms with Crippen molar-refractivity contribution >= 4 is 72.5 Å². The van der Waals surface area contributed by atoms with E-state index in [9.17, 15) is 38.1 Å². The molecule has 6 aromatic rings. The predicted molar refractivity (Wildman–Crippen MR) is 305 cm³/mol. The van der Waals surface area contributed by atoms with Crippen LogP contribution in [-0.2, 0) is 68.8 Å². The highest BCUT2D eigenvalue weighted by Crippen LogP contribution is 2.54. The maximum Gasteiger partial charge on any atom is 0.472 e. The van der Waals surface area contributed by atoms with Crippen molar-refractivity contribution < 1.29 is 78.6 Å². The van der Waals surface area contributed by atoms with Gasteiger partial charge in [0.1, 0.15) is 67.0 Å². The highest BCUT2D eigenvalue weighted by molar-refractivity contribution is 7.53. The molecule has 0 aromatic carbocycles. The summed E-state index contributed by atoms with van der Waals surface area (Å²) < 4.78 is 112. The van der Waals surface area contributed by atoms with Crippen molar-refractivity contribution in [3.8, 4) is 0 Å². The SMILES string of the molecule is COP(OC[C@H]1O[C@@H](n2cnc3c(N)ncnc32)C[C@H]1OP(OC)OC[C@H]1O[C@@H](n2cnc3c(=O)[nH]c(N)nc32)C[C@H]1OP(=O)(O)OC[C@H]1O[C@@H](n2ccc(N)nc2=O)C[C@H]1OP(=O)(O)C(C)C)O[C@@H]1C[C@H](n2cc(C)c(=O)[nH]c2=O)O[C@@H]1CC(C)C. The monoisotopic (exact) mass is 1300 g/mol. The molecule has 10 rings (SSSR count). The van der Waals surface area contributed by atoms with Crippen molar-refractivity contribution in [3.05, 3.63) is 84.7 Å². The predicted octanol–water partition coefficient (Wildman–Crippen LogP) is 3.05. The maximum absolute atomic E-state index is 14.1. The molecule has 0 bridgehead atoms. The Hall–Kier alpha value is -5.42. The van der Waals surface area contributed by atoms with Gasteiger partial charge in [-0.05, 0) is 25.3 Å². The van der Waals surface area contributed by atoms with Crippen molar-refractivity contribution in [2.75, 3.05) is 51.2 Å². The number of rotatable bonds is 26. The van der Waals surface area contributed by atoms with Gasteiger partial charge >= 0.3 is 44.0 Å². The van der Waals surface area contributed by atoms with E-state index in [1.54, 1.807) is 11.5 Å². The number of imidazole rings is 2. The Bertz CT molecular complexity index is 3760. The zero-order valence-electron chi connectivity index (χ0n) is 47.8. The molecule has 10 N–H and O–H groups in total. The third-order valence-corrected chi connectivity index (χ3v) is 19.6. The number of phosphoric ester groups is 1. The Morgan fingerprint density at radius 1 is 0.678 bits per heavy atom. The number of fused-ring (bicyclic) bond motifs is 2. The second-order valence-corrected chi connectivity index (χ2v) is 27.7. The molecule has 0 radical (unpaired) electrons. The molecule has 4 unspecified atom stereocenters. The third-order valence-electron chi connectivity index (χ3n) is 14.5. The molecule has 4 fully saturated rings. The largest absolute Gasteiger partial charge is 0.472 e. The molecule has 0 spiro atoms. The molecule has 16 atom stereocenters. The molecule has 0 amide bonds. The number of H-pyrrole nitrogens is 2. The second-order valence-electron chi connectivity index (χ2n) is 21.4. The van der Waals surface area contributed by atoms with Crippen LogP contribution in [0.4, 0.5) is 17.6 Å². The molecule has 10 heterocycles. The summed E-state index contributed by atoms with van der Waals surface area (Å²) in [5.41, 5.74) is 15.3. The summed E-state index contributed by atoms with van der Waals surface area (Å²) in [6.45, 7) is 7.18. The van der Waals surface area contributed by atoms with E-state index in [0.29, 0.717) is 23.1 Å². The molecule has 0 aliphatic carbocycles. The maximum atomic E-state index is 14.1. The van der Waals surface area contributed by atoms with Crippen LogP contribution in [0, 0.1) is 12.8 Å². The average Bonchev–Trinajstić information content (AvgIpc) is 1.81. The van der Waals surface area contributed by atoms with Gasteiger partial charge in [0.05, 0.1) is 62.6 Å². The lowest BCUT2D eigenvalue weighted by molar-refractivity contribution is -0.0574. The number of nitrogens with two attached hydrogens (primary N) is 3. The molecular formula is C47H67N15O21P4. The van der Waals surface area contributed by atoms with E-state index in [0.717, 1.165) is 4.57 Å². The number of aromatic amines is 2. The number of hydrogen-bond donors (Lipinski definition) is 7. The van der Waals surface area contributed by atoms with Gasteiger partial charge in [0, 0.05) is 57.9 Å². The third kappa shape index (κ3) is 14.8. The lowest BCUT2D eigenvalue weighted by Crippen LogP contribution is -2.33. The number of nitrogens with zero attached hydrogens (tertiary/aromatic N) is 10. The number of hydrogen-bond acceptors (Lipinski definition) is 28. The minimum atomic E-state index is -5.18. The summed E-state index contributed by atoms with van der Waals surface area (Å²) in [4.78, 5) is 103. The number of phosphoric acid groups is 1. The summed E-state index contributed by atoms with van der Waals surface area (Å²) in [7, 11) is -11.2. The molecule has 40 heteroatoms. The van der Waals surface area contributed by atoms with Gasteiger partial charge in [-0.1, -0.05) is 27.7 Å². The first-order chi connectivity index (χ1) is 41.4. The summed E-state index contributed by atoms with van der Waals surface area (Å²) in [6.07, 6.45) is -4.45. The van der Waals surface area contributed by atoms with E-state index >= 15 is 0 Å². The normalized spacial score (nSPS) is 28.1. The van der Waals surface area contributed by atoms with Gasteiger partial charge in [-0.25, -0.2) is 34.1 Å². The molecular weight excluding hydrogens is 1230 g/mol. The number of aryl methyl sites for hydroxylation is 1. The fourth-order valence-corrected chi connectivity index (χ4v) is 13.9. The van der Waals surface area contributed by atoms with E-state index in [1.165, 1.54) is 74.6 Å². The number of ether oxygens (including phenoxy) is 4. The van der Waals surface area contributed by atoms with Crippen molar-refractivity contribution in [3.63, 3.8) is 0 Å². The van der Waals surface area contributed by atoms with Crippen LogP contribution in [0.5, 0.6) is 0 Å². The van der Waals surface area contributed by atoms with E-state index in [-0.39, 0.29) is 67.0 Å². The average molecular weight is 1300 g/mol. The van der Waals surface area contributed by atoms with E-state index in [1.807, 2.05) is 13.8 Å². The Balaban J connectivity index is 0.859. The number of nitrogen functional groups attached to an aromatic ring is 3. The van der Waals surface area contributed by atoms with Crippen LogP contribution >= 0.6 is 32.6 Å². The minimum absolute atomic E-state index is 0.0183. The molecule has 36 nitrogen and oxygen atoms in total. The van der Waals surface area contributed by atoms with Gasteiger partial charge in [-0.3, -0.25) is 51.4 Å². The molecule has 4 saturated heterocycles. The van der Waals surface area contributed by atoms with Gasteiger partial charge in [0.2, 0.25) is 5.95 Å². The summed E-state index contributed by atoms with van der Waals surface area (Å²) in [5.74, 6) is 0.0147. The van der Waals surface area contributed by atoms with Crippen LogP contribution in [0.15, 0.2) is 56.6 Å². The summed E-state index contributed by atoms with van der Waals surface area (Å²) >= 11 is 0. The highest BCUT2D eigenvalue weighted by atomic mass is 31.2. The first-order valence-electron chi connectivity index (χ1n) is 27.3. The minimum Gasteiger partial charge on any atom is -0.383 e. The standard InChI is InChI=1S/C47H67N15O21P4/c1-22(2)10-25-26(11-35(76-25)60-15-24(5)43(63)58-47(60)66)80-84(71-6)73-16-30-27(12-36(77-30)61-20-53-38-40(49)51-19-52-41(38)61)81-85(72-7)74-17-31-29(14-37(78-31)62-21-54-39-42(62)56-45(50)57-44(39)64)83-87(69,70)75-18-32-28(82-86(67,68)23(3)4)13-34(79-32)59-9-8-33(48)55-46(59)65/h8-9,15,19-23,25-32,34-37H,10-14,16-18H2,1-7H3,(H,67,68)(H,69,70)(H2,48,55,65)(H2,49,51,52)(H,58,63,66)(H3,50,56,57,64)/t25-,26-,27-,28-,29-,30-,31-,32-,34-,35-,36-,37-,84?,85?/m1/s1. The van der Waals surface area contributed by atoms with Crippen molar-refractivity contribution in [1.29, 1.82) is 0 Å². The molecule has 476 valence electrons. The summed E-state index contributed by atoms with van der Waals surface area (Å²) in [5, 5.41) is 0. The Morgan fingerprint density at radius 2 is 1.23 bits per heavy atom. The fourth-order valence-electron chi connectivity index (χ4n) is 10.2. The Labute approximate surface area is 495 Å². The van der Waals surface area contributed by atoms with Gasteiger partial charge in [-0.15, -0.1) is 0 Å². The van der Waals surface area contributed by atoms with Gasteiger partial charge < -0.3 is 77.6 Å². The topological polar surface area (TPSA) is 470 Å². The molecule has 0 saturated carbocycles. The van der Waals surface area contributed by atoms with Crippen molar-refractivity contribution in [2.24, 2.45) is 5.92 Å². The van der Waals surface area contributed by atoms with E-state index < -0.39 is 148 Å². The van der Waals surface area contributed by atoms with E-state index in [2.05, 4.69) is 39.9 Å². The first kappa shape index (κ1) is 64.6. The smallest absolute Gasteiger partial charge is 0.383 e. The quantitative estimate of drug-likeness (QED) is 0.0384. The fraction of sp³-hybridized carbons (Fsp3) is 0.617.